The Morgan fingerprint density at radius 2 is 1.71 bits per heavy atom. The molecule has 5 atom stereocenters. The molecule has 0 aliphatic heterocycles. The van der Waals surface area contributed by atoms with Crippen molar-refractivity contribution < 1.29 is 24.3 Å². The van der Waals surface area contributed by atoms with Gasteiger partial charge in [0.1, 0.15) is 18.1 Å². The number of hydrogen-bond acceptors (Lipinski definition) is 7. The zero-order chi connectivity index (χ0) is 31.2. The van der Waals surface area contributed by atoms with Crippen molar-refractivity contribution in [2.24, 2.45) is 28.1 Å². The van der Waals surface area contributed by atoms with Crippen molar-refractivity contribution in [3.63, 3.8) is 0 Å². The smallest absolute Gasteiger partial charge is 0.326 e. The number of hydrogen-bond donors (Lipinski definition) is 8. The molecule has 14 heteroatoms. The quantitative estimate of drug-likeness (QED) is 0.0669. The van der Waals surface area contributed by atoms with Crippen LogP contribution in [0.1, 0.15) is 45.1 Å². The molecule has 0 spiro atoms. The van der Waals surface area contributed by atoms with Crippen molar-refractivity contribution in [2.45, 2.75) is 70.1 Å². The molecule has 2 aromatic rings. The first-order valence-electron chi connectivity index (χ1n) is 14.0. The van der Waals surface area contributed by atoms with Gasteiger partial charge in [-0.25, -0.2) is 4.79 Å². The molecule has 0 fully saturated rings. The van der Waals surface area contributed by atoms with Crippen molar-refractivity contribution in [2.75, 3.05) is 18.6 Å². The topological polar surface area (TPSA) is 231 Å². The van der Waals surface area contributed by atoms with Gasteiger partial charge in [-0.05, 0) is 48.8 Å². The van der Waals surface area contributed by atoms with Gasteiger partial charge < -0.3 is 43.2 Å². The summed E-state index contributed by atoms with van der Waals surface area (Å²) in [7, 11) is 0. The van der Waals surface area contributed by atoms with Crippen LogP contribution < -0.4 is 33.2 Å². The number of nitrogens with one attached hydrogen (secondary N) is 4. The molecule has 13 nitrogen and oxygen atoms in total. The van der Waals surface area contributed by atoms with Crippen LogP contribution in [0, 0.1) is 5.92 Å². The van der Waals surface area contributed by atoms with Crippen LogP contribution >= 0.6 is 11.8 Å². The number of guanidine groups is 1. The second-order valence-corrected chi connectivity index (χ2v) is 11.2. The molecular formula is C28H44N8O5S. The monoisotopic (exact) mass is 604 g/mol. The fourth-order valence-electron chi connectivity index (χ4n) is 4.36. The number of carboxylic acids is 1. The van der Waals surface area contributed by atoms with Gasteiger partial charge in [0, 0.05) is 30.1 Å². The predicted molar refractivity (Wildman–Crippen MR) is 166 cm³/mol. The fourth-order valence-corrected chi connectivity index (χ4v) is 4.85. The number of amides is 3. The standard InChI is InChI=1S/C28H44N8O5S/c1-4-16(2)23(36-24(37)19(29)11-13-42-3)26(39)35-22(14-17-15-33-20-9-6-5-8-18(17)20)25(38)34-21(27(40)41)10-7-12-32-28(30)31/h5-6,8-9,15-16,19,21-23,33H,4,7,10-14,29H2,1-3H3,(H,34,38)(H,35,39)(H,36,37)(H,40,41)(H4,30,31,32). The molecular weight excluding hydrogens is 560 g/mol. The Hall–Kier alpha value is -3.78. The van der Waals surface area contributed by atoms with Gasteiger partial charge in [0.15, 0.2) is 5.96 Å². The molecule has 0 aliphatic carbocycles. The predicted octanol–water partition coefficient (Wildman–Crippen LogP) is 0.430. The van der Waals surface area contributed by atoms with E-state index in [9.17, 15) is 24.3 Å². The second-order valence-electron chi connectivity index (χ2n) is 10.2. The molecule has 1 aromatic carbocycles. The highest BCUT2D eigenvalue weighted by Crippen LogP contribution is 2.20. The Balaban J connectivity index is 2.30. The zero-order valence-electron chi connectivity index (χ0n) is 24.4. The number of aliphatic imine (C=N–C) groups is 1. The highest BCUT2D eigenvalue weighted by Gasteiger charge is 2.33. The number of aromatic amines is 1. The van der Waals surface area contributed by atoms with Gasteiger partial charge >= 0.3 is 5.97 Å². The SMILES string of the molecule is CCC(C)C(NC(=O)C(N)CCSC)C(=O)NC(Cc1c[nH]c2ccccc12)C(=O)NC(CCCN=C(N)N)C(=O)O. The number of carbonyl (C=O) groups is 4. The van der Waals surface area contributed by atoms with E-state index in [1.54, 1.807) is 18.0 Å². The van der Waals surface area contributed by atoms with E-state index in [0.717, 1.165) is 16.5 Å². The van der Waals surface area contributed by atoms with Gasteiger partial charge in [-0.2, -0.15) is 11.8 Å². The van der Waals surface area contributed by atoms with E-state index in [1.165, 1.54) is 0 Å². The lowest BCUT2D eigenvalue weighted by atomic mass is 9.96. The summed E-state index contributed by atoms with van der Waals surface area (Å²) in [6.07, 6.45) is 5.16. The number of para-hydroxylation sites is 1. The van der Waals surface area contributed by atoms with E-state index in [1.807, 2.05) is 44.4 Å². The number of benzene rings is 1. The Morgan fingerprint density at radius 1 is 1.02 bits per heavy atom. The first kappa shape index (κ1) is 34.4. The van der Waals surface area contributed by atoms with Crippen LogP contribution in [0.4, 0.5) is 0 Å². The van der Waals surface area contributed by atoms with E-state index in [-0.39, 0.29) is 31.3 Å². The lowest BCUT2D eigenvalue weighted by molar-refractivity contribution is -0.142. The summed E-state index contributed by atoms with van der Waals surface area (Å²) in [5, 5.41) is 18.7. The van der Waals surface area contributed by atoms with Crippen LogP contribution in [0.2, 0.25) is 0 Å². The average Bonchev–Trinajstić information content (AvgIpc) is 3.37. The van der Waals surface area contributed by atoms with Gasteiger partial charge in [0.05, 0.1) is 6.04 Å². The minimum Gasteiger partial charge on any atom is -0.480 e. The summed E-state index contributed by atoms with van der Waals surface area (Å²) in [6.45, 7) is 3.91. The van der Waals surface area contributed by atoms with E-state index < -0.39 is 47.9 Å². The van der Waals surface area contributed by atoms with Crippen molar-refractivity contribution >= 4 is 52.3 Å². The van der Waals surface area contributed by atoms with Crippen LogP contribution in [0.25, 0.3) is 10.9 Å². The van der Waals surface area contributed by atoms with E-state index in [2.05, 4.69) is 25.9 Å². The Morgan fingerprint density at radius 3 is 2.36 bits per heavy atom. The third kappa shape index (κ3) is 10.6. The van der Waals surface area contributed by atoms with E-state index in [0.29, 0.717) is 25.0 Å². The molecule has 0 bridgehead atoms. The maximum absolute atomic E-state index is 13.6. The van der Waals surface area contributed by atoms with Crippen molar-refractivity contribution in [3.8, 4) is 0 Å². The number of fused-ring (bicyclic) bond motifs is 1. The number of thioether (sulfide) groups is 1. The number of nitrogens with two attached hydrogens (primary N) is 3. The molecule has 1 aromatic heterocycles. The third-order valence-corrected chi connectivity index (χ3v) is 7.70. The molecule has 2 rings (SSSR count). The summed E-state index contributed by atoms with van der Waals surface area (Å²) in [4.78, 5) is 58.9. The lowest BCUT2D eigenvalue weighted by Gasteiger charge is -2.28. The van der Waals surface area contributed by atoms with Gasteiger partial charge in [-0.3, -0.25) is 19.4 Å². The normalized spacial score (nSPS) is 14.7. The van der Waals surface area contributed by atoms with E-state index >= 15 is 0 Å². The average molecular weight is 605 g/mol. The van der Waals surface area contributed by atoms with Crippen LogP contribution in [0.5, 0.6) is 0 Å². The number of aliphatic carboxylic acids is 1. The summed E-state index contributed by atoms with van der Waals surface area (Å²) in [6, 6.07) is 3.42. The van der Waals surface area contributed by atoms with Crippen molar-refractivity contribution in [3.05, 3.63) is 36.0 Å². The minimum atomic E-state index is -1.23. The summed E-state index contributed by atoms with van der Waals surface area (Å²) < 4.78 is 0. The number of H-pyrrole nitrogens is 1. The molecule has 3 amide bonds. The number of carbonyl (C=O) groups excluding carboxylic acids is 3. The van der Waals surface area contributed by atoms with Crippen LogP contribution in [-0.4, -0.2) is 82.5 Å². The van der Waals surface area contributed by atoms with Crippen LogP contribution in [-0.2, 0) is 25.6 Å². The molecule has 0 radical (unpaired) electrons. The largest absolute Gasteiger partial charge is 0.480 e. The number of aromatic nitrogens is 1. The van der Waals surface area contributed by atoms with Crippen molar-refractivity contribution in [1.29, 1.82) is 0 Å². The number of carboxylic acid groups (broad SMARTS) is 1. The fraction of sp³-hybridized carbons (Fsp3) is 0.536. The second kappa shape index (κ2) is 17.2. The molecule has 42 heavy (non-hydrogen) atoms. The number of rotatable bonds is 18. The van der Waals surface area contributed by atoms with E-state index in [4.69, 9.17) is 17.2 Å². The molecule has 0 saturated carbocycles. The highest BCUT2D eigenvalue weighted by atomic mass is 32.2. The Labute approximate surface area is 250 Å². The van der Waals surface area contributed by atoms with Gasteiger partial charge in [0.2, 0.25) is 17.7 Å². The summed E-state index contributed by atoms with van der Waals surface area (Å²) >= 11 is 1.57. The Kier molecular flexibility index (Phi) is 14.1. The first-order valence-corrected chi connectivity index (χ1v) is 15.4. The van der Waals surface area contributed by atoms with Gasteiger partial charge in [-0.15, -0.1) is 0 Å². The molecule has 232 valence electrons. The molecule has 1 heterocycles. The van der Waals surface area contributed by atoms with Crippen LogP contribution in [0.3, 0.4) is 0 Å². The van der Waals surface area contributed by atoms with Gasteiger partial charge in [0.25, 0.3) is 0 Å². The molecule has 0 aliphatic rings. The highest BCUT2D eigenvalue weighted by molar-refractivity contribution is 7.98. The Bertz CT molecular complexity index is 1230. The van der Waals surface area contributed by atoms with Gasteiger partial charge in [-0.1, -0.05) is 38.5 Å². The zero-order valence-corrected chi connectivity index (χ0v) is 25.2. The first-order chi connectivity index (χ1) is 20.0. The summed E-state index contributed by atoms with van der Waals surface area (Å²) in [5.74, 6) is -2.59. The number of nitrogens with zero attached hydrogens (tertiary/aromatic N) is 1. The molecule has 11 N–H and O–H groups in total. The summed E-state index contributed by atoms with van der Waals surface area (Å²) in [5.41, 5.74) is 18.3. The molecule has 5 unspecified atom stereocenters. The molecule has 0 saturated heterocycles. The maximum Gasteiger partial charge on any atom is 0.326 e. The maximum atomic E-state index is 13.6. The minimum absolute atomic E-state index is 0.0745. The third-order valence-electron chi connectivity index (χ3n) is 7.05. The van der Waals surface area contributed by atoms with Crippen LogP contribution in [0.15, 0.2) is 35.5 Å². The van der Waals surface area contributed by atoms with Crippen molar-refractivity contribution in [1.82, 2.24) is 20.9 Å². The lowest BCUT2D eigenvalue weighted by Crippen LogP contribution is -2.59.